The molecule has 176 valence electrons. The van der Waals surface area contributed by atoms with E-state index in [0.717, 1.165) is 47.3 Å². The van der Waals surface area contributed by atoms with Gasteiger partial charge in [-0.15, -0.1) is 0 Å². The van der Waals surface area contributed by atoms with Crippen LogP contribution in [0.2, 0.25) is 0 Å². The van der Waals surface area contributed by atoms with E-state index >= 15 is 0 Å². The lowest BCUT2D eigenvalue weighted by atomic mass is 10.0. The van der Waals surface area contributed by atoms with Gasteiger partial charge in [0, 0.05) is 43.6 Å². The van der Waals surface area contributed by atoms with Gasteiger partial charge in [0.05, 0.1) is 32.6 Å². The van der Waals surface area contributed by atoms with Gasteiger partial charge >= 0.3 is 0 Å². The van der Waals surface area contributed by atoms with Crippen LogP contribution >= 0.6 is 0 Å². The number of rotatable bonds is 5. The van der Waals surface area contributed by atoms with Crippen LogP contribution in [0.5, 0.6) is 5.75 Å². The van der Waals surface area contributed by atoms with Crippen LogP contribution in [0.25, 0.3) is 0 Å². The molecular formula is C26H27FN4O3. The van der Waals surface area contributed by atoms with Crippen LogP contribution in [-0.4, -0.2) is 60.7 Å². The summed E-state index contributed by atoms with van der Waals surface area (Å²) in [6.07, 6.45) is 1.22. The lowest BCUT2D eigenvalue weighted by Crippen LogP contribution is -2.41. The summed E-state index contributed by atoms with van der Waals surface area (Å²) >= 11 is 0. The summed E-state index contributed by atoms with van der Waals surface area (Å²) in [4.78, 5) is 26.9. The molecule has 3 heterocycles. The van der Waals surface area contributed by atoms with Gasteiger partial charge in [-0.25, -0.2) is 14.4 Å². The molecule has 2 aliphatic rings. The summed E-state index contributed by atoms with van der Waals surface area (Å²) in [6.45, 7) is 3.67. The first kappa shape index (κ1) is 22.3. The van der Waals surface area contributed by atoms with E-state index in [1.807, 2.05) is 24.3 Å². The second-order valence-corrected chi connectivity index (χ2v) is 8.50. The molecule has 0 atom stereocenters. The van der Waals surface area contributed by atoms with Gasteiger partial charge < -0.3 is 19.3 Å². The number of halogens is 1. The number of methoxy groups -OCH3 is 1. The van der Waals surface area contributed by atoms with Crippen LogP contribution in [0.4, 0.5) is 10.2 Å². The van der Waals surface area contributed by atoms with Crippen molar-refractivity contribution in [3.8, 4) is 5.75 Å². The van der Waals surface area contributed by atoms with E-state index in [1.54, 1.807) is 24.1 Å². The van der Waals surface area contributed by atoms with Crippen LogP contribution in [0.1, 0.15) is 33.0 Å². The van der Waals surface area contributed by atoms with E-state index in [0.29, 0.717) is 44.7 Å². The molecule has 0 unspecified atom stereocenters. The molecule has 5 rings (SSSR count). The number of amides is 1. The topological polar surface area (TPSA) is 67.8 Å². The summed E-state index contributed by atoms with van der Waals surface area (Å²) in [5.41, 5.74) is 3.36. The van der Waals surface area contributed by atoms with E-state index in [2.05, 4.69) is 4.90 Å². The molecule has 2 aromatic carbocycles. The third-order valence-corrected chi connectivity index (χ3v) is 6.25. The number of hydrogen-bond donors (Lipinski definition) is 0. The van der Waals surface area contributed by atoms with Gasteiger partial charge in [0.25, 0.3) is 5.91 Å². The van der Waals surface area contributed by atoms with Crippen molar-refractivity contribution >= 4 is 11.7 Å². The van der Waals surface area contributed by atoms with Crippen molar-refractivity contribution in [2.75, 3.05) is 44.9 Å². The molecule has 1 saturated heterocycles. The monoisotopic (exact) mass is 462 g/mol. The minimum atomic E-state index is -0.414. The summed E-state index contributed by atoms with van der Waals surface area (Å²) in [6, 6.07) is 13.8. The van der Waals surface area contributed by atoms with Crippen molar-refractivity contribution in [1.82, 2.24) is 14.9 Å². The molecule has 1 amide bonds. The lowest BCUT2D eigenvalue weighted by Gasteiger charge is -2.34. The highest BCUT2D eigenvalue weighted by atomic mass is 19.1. The molecule has 0 bridgehead atoms. The maximum Gasteiger partial charge on any atom is 0.254 e. The fourth-order valence-corrected chi connectivity index (χ4v) is 4.50. The molecule has 1 fully saturated rings. The Kier molecular flexibility index (Phi) is 6.40. The van der Waals surface area contributed by atoms with Crippen LogP contribution < -0.4 is 9.64 Å². The molecule has 0 radical (unpaired) electrons. The zero-order chi connectivity index (χ0) is 23.5. The Morgan fingerprint density at radius 2 is 1.91 bits per heavy atom. The van der Waals surface area contributed by atoms with Gasteiger partial charge in [0.15, 0.2) is 0 Å². The quantitative estimate of drug-likeness (QED) is 0.580. The van der Waals surface area contributed by atoms with E-state index in [-0.39, 0.29) is 5.91 Å². The number of anilines is 1. The summed E-state index contributed by atoms with van der Waals surface area (Å²) in [7, 11) is 1.65. The normalized spacial score (nSPS) is 15.7. The van der Waals surface area contributed by atoms with Gasteiger partial charge in [-0.05, 0) is 35.9 Å². The molecular weight excluding hydrogens is 435 g/mol. The predicted octanol–water partition coefficient (Wildman–Crippen LogP) is 3.25. The number of fused-ring (bicyclic) bond motifs is 1. The molecule has 2 aliphatic heterocycles. The molecule has 1 aromatic heterocycles. The number of benzene rings is 2. The molecule has 0 saturated carbocycles. The Labute approximate surface area is 198 Å². The van der Waals surface area contributed by atoms with Crippen molar-refractivity contribution in [1.29, 1.82) is 0 Å². The molecule has 7 nitrogen and oxygen atoms in total. The van der Waals surface area contributed by atoms with Gasteiger partial charge in [0.2, 0.25) is 0 Å². The van der Waals surface area contributed by atoms with E-state index in [9.17, 15) is 9.18 Å². The van der Waals surface area contributed by atoms with Crippen molar-refractivity contribution in [2.45, 2.75) is 19.4 Å². The zero-order valence-corrected chi connectivity index (χ0v) is 19.2. The smallest absolute Gasteiger partial charge is 0.254 e. The van der Waals surface area contributed by atoms with Gasteiger partial charge in [-0.3, -0.25) is 4.79 Å². The Morgan fingerprint density at radius 3 is 2.71 bits per heavy atom. The molecule has 8 heteroatoms. The highest BCUT2D eigenvalue weighted by molar-refractivity contribution is 5.94. The van der Waals surface area contributed by atoms with Gasteiger partial charge in [-0.2, -0.15) is 0 Å². The van der Waals surface area contributed by atoms with E-state index in [4.69, 9.17) is 19.4 Å². The SMILES string of the molecule is COc1cccc(Cc2nc3c(c(N4CCOCC4)n2)CN(C(=O)c2cccc(F)c2)CC3)c1. The number of nitrogens with zero attached hydrogens (tertiary/aromatic N) is 4. The number of aromatic nitrogens is 2. The highest BCUT2D eigenvalue weighted by Gasteiger charge is 2.29. The summed E-state index contributed by atoms with van der Waals surface area (Å²) in [5.74, 6) is 1.82. The molecule has 3 aromatic rings. The van der Waals surface area contributed by atoms with Gasteiger partial charge in [-0.1, -0.05) is 18.2 Å². The highest BCUT2D eigenvalue weighted by Crippen LogP contribution is 2.29. The number of morpholine rings is 1. The maximum atomic E-state index is 13.7. The van der Waals surface area contributed by atoms with E-state index in [1.165, 1.54) is 12.1 Å². The Bertz CT molecular complexity index is 1200. The van der Waals surface area contributed by atoms with Gasteiger partial charge in [0.1, 0.15) is 23.2 Å². The Hall–Kier alpha value is -3.52. The first-order valence-corrected chi connectivity index (χ1v) is 11.5. The number of ether oxygens (including phenoxy) is 2. The fraction of sp³-hybridized carbons (Fsp3) is 0.346. The van der Waals surface area contributed by atoms with Crippen molar-refractivity contribution in [3.05, 3.63) is 82.6 Å². The minimum Gasteiger partial charge on any atom is -0.497 e. The van der Waals surface area contributed by atoms with Crippen molar-refractivity contribution < 1.29 is 18.7 Å². The zero-order valence-electron chi connectivity index (χ0n) is 19.2. The summed E-state index contributed by atoms with van der Waals surface area (Å²) < 4.78 is 24.6. The van der Waals surface area contributed by atoms with Crippen LogP contribution in [0, 0.1) is 5.82 Å². The average Bonchev–Trinajstić information content (AvgIpc) is 2.88. The Balaban J connectivity index is 1.46. The molecule has 34 heavy (non-hydrogen) atoms. The second-order valence-electron chi connectivity index (χ2n) is 8.50. The van der Waals surface area contributed by atoms with E-state index < -0.39 is 5.82 Å². The van der Waals surface area contributed by atoms with Crippen molar-refractivity contribution in [3.63, 3.8) is 0 Å². The number of carbonyl (C=O) groups is 1. The minimum absolute atomic E-state index is 0.182. The number of hydrogen-bond acceptors (Lipinski definition) is 6. The molecule has 0 spiro atoms. The molecule has 0 N–H and O–H groups in total. The second kappa shape index (κ2) is 9.77. The third kappa shape index (κ3) is 4.72. The molecule has 0 aliphatic carbocycles. The first-order valence-electron chi connectivity index (χ1n) is 11.5. The average molecular weight is 463 g/mol. The lowest BCUT2D eigenvalue weighted by molar-refractivity contribution is 0.0732. The van der Waals surface area contributed by atoms with Crippen molar-refractivity contribution in [2.24, 2.45) is 0 Å². The maximum absolute atomic E-state index is 13.7. The van der Waals surface area contributed by atoms with Crippen LogP contribution in [0.15, 0.2) is 48.5 Å². The number of carbonyl (C=O) groups excluding carboxylic acids is 1. The van der Waals surface area contributed by atoms with Crippen LogP contribution in [-0.2, 0) is 24.1 Å². The summed E-state index contributed by atoms with van der Waals surface area (Å²) in [5, 5.41) is 0. The standard InChI is InChI=1S/C26H27FN4O3/c1-33-21-7-2-4-18(14-21)15-24-28-23-8-9-31(26(32)19-5-3-6-20(27)16-19)17-22(23)25(29-24)30-10-12-34-13-11-30/h2-7,14,16H,8-13,15,17H2,1H3. The predicted molar refractivity (Wildman–Crippen MR) is 126 cm³/mol. The first-order chi connectivity index (χ1) is 16.6. The third-order valence-electron chi connectivity index (χ3n) is 6.25. The fourth-order valence-electron chi connectivity index (χ4n) is 4.50. The Morgan fingerprint density at radius 1 is 1.09 bits per heavy atom. The largest absolute Gasteiger partial charge is 0.497 e. The van der Waals surface area contributed by atoms with Crippen LogP contribution in [0.3, 0.4) is 0 Å².